The normalized spacial score (nSPS) is 16.7. The maximum atomic E-state index is 12.9. The highest BCUT2D eigenvalue weighted by Crippen LogP contribution is 2.40. The summed E-state index contributed by atoms with van der Waals surface area (Å²) in [6.45, 7) is 0.432. The molecule has 1 heterocycles. The molecule has 0 saturated heterocycles. The van der Waals surface area contributed by atoms with Gasteiger partial charge in [0.25, 0.3) is 5.91 Å². The smallest absolute Gasteiger partial charge is 0.253 e. The third-order valence-corrected chi connectivity index (χ3v) is 5.19. The summed E-state index contributed by atoms with van der Waals surface area (Å²) >= 11 is 12.7. The predicted molar refractivity (Wildman–Crippen MR) is 108 cm³/mol. The first-order valence-electron chi connectivity index (χ1n) is 8.63. The van der Waals surface area contributed by atoms with Crippen LogP contribution in [0.2, 0.25) is 10.0 Å². The number of nitrogens with zero attached hydrogens (tertiary/aromatic N) is 1. The molecule has 0 bridgehead atoms. The van der Waals surface area contributed by atoms with Crippen molar-refractivity contribution < 1.29 is 9.53 Å². The maximum Gasteiger partial charge on any atom is 0.253 e. The second kappa shape index (κ2) is 7.73. The first kappa shape index (κ1) is 18.1. The van der Waals surface area contributed by atoms with Crippen LogP contribution in [-0.2, 0) is 16.1 Å². The third kappa shape index (κ3) is 3.72. The minimum atomic E-state index is -0.461. The molecule has 0 aliphatic carbocycles. The number of fused-ring (bicyclic) bond motifs is 1. The Morgan fingerprint density at radius 2 is 1.67 bits per heavy atom. The molecule has 27 heavy (non-hydrogen) atoms. The zero-order valence-electron chi connectivity index (χ0n) is 14.4. The monoisotopic (exact) mass is 397 g/mol. The maximum absolute atomic E-state index is 12.9. The first-order valence-corrected chi connectivity index (χ1v) is 9.39. The minimum absolute atomic E-state index is 0.0327. The fourth-order valence-electron chi connectivity index (χ4n) is 3.32. The third-order valence-electron chi connectivity index (χ3n) is 4.61. The average molecular weight is 398 g/mol. The number of halogens is 2. The topological polar surface area (TPSA) is 29.5 Å². The Bertz CT molecular complexity index is 975. The quantitative estimate of drug-likeness (QED) is 0.571. The van der Waals surface area contributed by atoms with E-state index in [1.807, 2.05) is 66.7 Å². The summed E-state index contributed by atoms with van der Waals surface area (Å²) in [6.07, 6.45) is -0.461. The number of ether oxygens (including phenoxy) is 1. The molecule has 1 amide bonds. The molecule has 5 heteroatoms. The number of amides is 1. The van der Waals surface area contributed by atoms with Gasteiger partial charge in [-0.05, 0) is 29.8 Å². The van der Waals surface area contributed by atoms with Crippen LogP contribution in [0, 0.1) is 0 Å². The van der Waals surface area contributed by atoms with E-state index < -0.39 is 6.10 Å². The van der Waals surface area contributed by atoms with Gasteiger partial charge in [-0.2, -0.15) is 0 Å². The fourth-order valence-corrected chi connectivity index (χ4v) is 3.74. The van der Waals surface area contributed by atoms with Crippen molar-refractivity contribution >= 4 is 34.8 Å². The van der Waals surface area contributed by atoms with Crippen molar-refractivity contribution in [2.24, 2.45) is 0 Å². The second-order valence-electron chi connectivity index (χ2n) is 6.38. The lowest BCUT2D eigenvalue weighted by atomic mass is 9.99. The van der Waals surface area contributed by atoms with Gasteiger partial charge in [-0.15, -0.1) is 0 Å². The van der Waals surface area contributed by atoms with E-state index in [4.69, 9.17) is 27.9 Å². The van der Waals surface area contributed by atoms with Gasteiger partial charge in [-0.1, -0.05) is 71.7 Å². The van der Waals surface area contributed by atoms with E-state index in [2.05, 4.69) is 0 Å². The van der Waals surface area contributed by atoms with Crippen molar-refractivity contribution in [1.29, 1.82) is 0 Å². The molecule has 0 radical (unpaired) electrons. The van der Waals surface area contributed by atoms with Crippen LogP contribution in [0.4, 0.5) is 5.69 Å². The first-order chi connectivity index (χ1) is 13.1. The van der Waals surface area contributed by atoms with Gasteiger partial charge in [-0.3, -0.25) is 4.79 Å². The van der Waals surface area contributed by atoms with E-state index in [1.165, 1.54) is 0 Å². The zero-order chi connectivity index (χ0) is 18.8. The van der Waals surface area contributed by atoms with Gasteiger partial charge in [0.15, 0.2) is 0 Å². The van der Waals surface area contributed by atoms with Crippen LogP contribution in [0.1, 0.15) is 22.8 Å². The van der Waals surface area contributed by atoms with Gasteiger partial charge in [0.1, 0.15) is 12.7 Å². The van der Waals surface area contributed by atoms with Crippen LogP contribution in [-0.4, -0.2) is 12.5 Å². The summed E-state index contributed by atoms with van der Waals surface area (Å²) in [5.74, 6) is -0.100. The minimum Gasteiger partial charge on any atom is -0.359 e. The van der Waals surface area contributed by atoms with Crippen LogP contribution < -0.4 is 4.90 Å². The number of carbonyl (C=O) groups is 1. The Kier molecular flexibility index (Phi) is 5.17. The predicted octanol–water partition coefficient (Wildman–Crippen LogP) is 5.65. The van der Waals surface area contributed by atoms with Crippen molar-refractivity contribution in [3.05, 3.63) is 99.5 Å². The van der Waals surface area contributed by atoms with E-state index in [9.17, 15) is 4.79 Å². The summed E-state index contributed by atoms with van der Waals surface area (Å²) in [5, 5.41) is 1.18. The molecule has 0 N–H and O–H groups in total. The second-order valence-corrected chi connectivity index (χ2v) is 7.22. The Morgan fingerprint density at radius 1 is 0.926 bits per heavy atom. The largest absolute Gasteiger partial charge is 0.359 e. The van der Waals surface area contributed by atoms with Crippen molar-refractivity contribution in [2.75, 3.05) is 11.5 Å². The molecule has 3 aromatic carbocycles. The molecular weight excluding hydrogens is 381 g/mol. The van der Waals surface area contributed by atoms with E-state index in [1.54, 1.807) is 11.0 Å². The number of anilines is 1. The Hall–Kier alpha value is -2.33. The molecular formula is C22H17Cl2NO2. The highest BCUT2D eigenvalue weighted by Gasteiger charge is 2.30. The van der Waals surface area contributed by atoms with Crippen molar-refractivity contribution in [2.45, 2.75) is 12.6 Å². The molecule has 3 nitrogen and oxygen atoms in total. The lowest BCUT2D eigenvalue weighted by Gasteiger charge is -2.24. The van der Waals surface area contributed by atoms with E-state index >= 15 is 0 Å². The molecule has 0 saturated carbocycles. The molecule has 0 aromatic heterocycles. The van der Waals surface area contributed by atoms with Gasteiger partial charge < -0.3 is 9.64 Å². The number of benzene rings is 3. The highest BCUT2D eigenvalue weighted by molar-refractivity contribution is 6.31. The van der Waals surface area contributed by atoms with Gasteiger partial charge in [0.05, 0.1) is 12.2 Å². The Morgan fingerprint density at radius 3 is 2.44 bits per heavy atom. The molecule has 1 aliphatic heterocycles. The summed E-state index contributed by atoms with van der Waals surface area (Å²) < 4.78 is 6.00. The molecule has 4 rings (SSSR count). The van der Waals surface area contributed by atoms with Gasteiger partial charge in [-0.25, -0.2) is 0 Å². The summed E-state index contributed by atoms with van der Waals surface area (Å²) in [7, 11) is 0. The number of rotatable bonds is 3. The number of carbonyl (C=O) groups excluding carboxylic acids is 1. The van der Waals surface area contributed by atoms with Crippen LogP contribution in [0.3, 0.4) is 0 Å². The van der Waals surface area contributed by atoms with Gasteiger partial charge >= 0.3 is 0 Å². The lowest BCUT2D eigenvalue weighted by molar-refractivity contribution is -0.123. The molecule has 0 spiro atoms. The molecule has 3 aromatic rings. The molecule has 1 atom stereocenters. The summed E-state index contributed by atoms with van der Waals surface area (Å²) in [5.41, 5.74) is 3.48. The summed E-state index contributed by atoms with van der Waals surface area (Å²) in [4.78, 5) is 14.6. The Balaban J connectivity index is 1.82. The highest BCUT2D eigenvalue weighted by atomic mass is 35.5. The van der Waals surface area contributed by atoms with Crippen LogP contribution in [0.5, 0.6) is 0 Å². The Labute approximate surface area is 168 Å². The SMILES string of the molecule is O=C1COC(c2ccccc2Cl)c2cc(Cl)ccc2N1Cc1ccccc1. The van der Waals surface area contributed by atoms with Gasteiger partial charge in [0.2, 0.25) is 0 Å². The zero-order valence-corrected chi connectivity index (χ0v) is 16.0. The van der Waals surface area contributed by atoms with Crippen LogP contribution in [0.25, 0.3) is 0 Å². The lowest BCUT2D eigenvalue weighted by Crippen LogP contribution is -2.32. The average Bonchev–Trinajstić information content (AvgIpc) is 2.80. The fraction of sp³-hybridized carbons (Fsp3) is 0.136. The van der Waals surface area contributed by atoms with Gasteiger partial charge in [0, 0.05) is 21.2 Å². The van der Waals surface area contributed by atoms with E-state index in [-0.39, 0.29) is 12.5 Å². The molecule has 1 aliphatic rings. The van der Waals surface area contributed by atoms with Crippen molar-refractivity contribution in [3.63, 3.8) is 0 Å². The molecule has 0 fully saturated rings. The number of hydrogen-bond donors (Lipinski definition) is 0. The molecule has 136 valence electrons. The van der Waals surface area contributed by atoms with Crippen molar-refractivity contribution in [1.82, 2.24) is 0 Å². The van der Waals surface area contributed by atoms with Crippen molar-refractivity contribution in [3.8, 4) is 0 Å². The van der Waals surface area contributed by atoms with E-state index in [0.717, 1.165) is 22.4 Å². The van der Waals surface area contributed by atoms with E-state index in [0.29, 0.717) is 16.6 Å². The standard InChI is InChI=1S/C22H17Cl2NO2/c23-16-10-11-20-18(12-16)22(17-8-4-5-9-19(17)24)27-14-21(26)25(20)13-15-6-2-1-3-7-15/h1-12,22H,13-14H2. The van der Waals surface area contributed by atoms with Crippen LogP contribution >= 0.6 is 23.2 Å². The van der Waals surface area contributed by atoms with Crippen LogP contribution in [0.15, 0.2) is 72.8 Å². The number of hydrogen-bond acceptors (Lipinski definition) is 2. The summed E-state index contributed by atoms with van der Waals surface area (Å²) in [6, 6.07) is 22.9. The molecule has 1 unspecified atom stereocenters.